The smallest absolute Gasteiger partial charge is 0.225 e. The first-order valence-electron chi connectivity index (χ1n) is 13.5. The van der Waals surface area contributed by atoms with E-state index in [1.807, 2.05) is 32.0 Å². The molecular weight excluding hydrogens is 497 g/mol. The number of ether oxygens (including phenoxy) is 1. The van der Waals surface area contributed by atoms with Crippen molar-refractivity contribution in [1.82, 2.24) is 9.97 Å². The molecule has 2 aliphatic rings. The van der Waals surface area contributed by atoms with Crippen LogP contribution in [0.15, 0.2) is 24.4 Å². The summed E-state index contributed by atoms with van der Waals surface area (Å²) in [6, 6.07) is 7.83. The van der Waals surface area contributed by atoms with Crippen LogP contribution in [0.5, 0.6) is 0 Å². The summed E-state index contributed by atoms with van der Waals surface area (Å²) in [6.45, 7) is 13.0. The highest BCUT2D eigenvalue weighted by atomic mass is 32.1. The van der Waals surface area contributed by atoms with Crippen LogP contribution in [0.3, 0.4) is 0 Å². The van der Waals surface area contributed by atoms with Crippen molar-refractivity contribution in [2.75, 3.05) is 23.7 Å². The molecule has 200 valence electrons. The minimum absolute atomic E-state index is 0.299. The average molecular weight is 534 g/mol. The Balaban J connectivity index is 0.000000515. The van der Waals surface area contributed by atoms with Crippen molar-refractivity contribution in [3.8, 4) is 17.2 Å². The van der Waals surface area contributed by atoms with Crippen molar-refractivity contribution in [3.05, 3.63) is 46.9 Å². The summed E-state index contributed by atoms with van der Waals surface area (Å²) >= 11 is 1.34. The van der Waals surface area contributed by atoms with Gasteiger partial charge in [0.2, 0.25) is 5.95 Å². The van der Waals surface area contributed by atoms with E-state index in [1.54, 1.807) is 6.20 Å². The Morgan fingerprint density at radius 3 is 2.61 bits per heavy atom. The van der Waals surface area contributed by atoms with Crippen LogP contribution < -0.4 is 10.6 Å². The zero-order valence-electron chi connectivity index (χ0n) is 22.9. The van der Waals surface area contributed by atoms with E-state index in [0.717, 1.165) is 35.3 Å². The second-order valence-corrected chi connectivity index (χ2v) is 10.6. The third-order valence-electron chi connectivity index (χ3n) is 7.02. The number of thiophene rings is 1. The summed E-state index contributed by atoms with van der Waals surface area (Å²) < 4.78 is 22.8. The maximum atomic E-state index is 16.2. The monoisotopic (exact) mass is 533 g/mol. The number of nitrogens with two attached hydrogens (primary N) is 1. The molecule has 0 spiro atoms. The molecule has 2 aromatic heterocycles. The normalized spacial score (nSPS) is 16.0. The minimum Gasteiger partial charge on any atom is -0.389 e. The number of halogens is 1. The van der Waals surface area contributed by atoms with E-state index >= 15 is 4.39 Å². The molecule has 2 aromatic carbocycles. The molecule has 2 N–H and O–H groups in total. The molecule has 0 saturated carbocycles. The maximum Gasteiger partial charge on any atom is 0.225 e. The van der Waals surface area contributed by atoms with Gasteiger partial charge in [0.25, 0.3) is 0 Å². The summed E-state index contributed by atoms with van der Waals surface area (Å²) in [6.07, 6.45) is 5.44. The van der Waals surface area contributed by atoms with E-state index < -0.39 is 5.82 Å². The van der Waals surface area contributed by atoms with Gasteiger partial charge in [0.15, 0.2) is 5.82 Å². The van der Waals surface area contributed by atoms with Crippen molar-refractivity contribution in [2.24, 2.45) is 5.92 Å². The van der Waals surface area contributed by atoms with Gasteiger partial charge in [-0.2, -0.15) is 5.26 Å². The summed E-state index contributed by atoms with van der Waals surface area (Å²) in [4.78, 5) is 11.4. The number of fused-ring (bicyclic) bond motifs is 4. The molecule has 4 heterocycles. The third-order valence-corrected chi connectivity index (χ3v) is 8.00. The molecular formula is C30H36FN5OS. The number of hydrogen-bond donors (Lipinski definition) is 1. The molecule has 38 heavy (non-hydrogen) atoms. The first kappa shape index (κ1) is 27.7. The van der Waals surface area contributed by atoms with E-state index in [-0.39, 0.29) is 0 Å². The van der Waals surface area contributed by atoms with Gasteiger partial charge in [0.1, 0.15) is 16.6 Å². The SMILES string of the molecule is CC.CC1CCN(c2ncc3c4c(c(-c5cccc6sc(N)c(C#N)c56)c(F)c3n2)COC4)C1.CCCC. The molecule has 8 heteroatoms. The Kier molecular flexibility index (Phi) is 8.80. The van der Waals surface area contributed by atoms with E-state index in [2.05, 4.69) is 41.7 Å². The van der Waals surface area contributed by atoms with E-state index in [9.17, 15) is 5.26 Å². The second kappa shape index (κ2) is 12.1. The molecule has 4 aromatic rings. The van der Waals surface area contributed by atoms with Crippen LogP contribution in [-0.2, 0) is 18.0 Å². The molecule has 1 atom stereocenters. The van der Waals surface area contributed by atoms with Gasteiger partial charge in [-0.25, -0.2) is 14.4 Å². The van der Waals surface area contributed by atoms with Crippen molar-refractivity contribution < 1.29 is 9.13 Å². The average Bonchev–Trinajstić information content (AvgIpc) is 3.68. The quantitative estimate of drug-likeness (QED) is 0.289. The van der Waals surface area contributed by atoms with Crippen molar-refractivity contribution >= 4 is 43.3 Å². The Morgan fingerprint density at radius 1 is 1.21 bits per heavy atom. The number of rotatable bonds is 3. The van der Waals surface area contributed by atoms with Crippen LogP contribution in [0.4, 0.5) is 15.3 Å². The van der Waals surface area contributed by atoms with Crippen molar-refractivity contribution in [2.45, 2.75) is 67.1 Å². The van der Waals surface area contributed by atoms with E-state index in [0.29, 0.717) is 63.1 Å². The molecule has 1 unspecified atom stereocenters. The van der Waals surface area contributed by atoms with E-state index in [4.69, 9.17) is 10.5 Å². The Morgan fingerprint density at radius 2 is 1.95 bits per heavy atom. The number of nitrogen functional groups attached to an aromatic ring is 1. The fourth-order valence-electron chi connectivity index (χ4n) is 4.94. The Bertz CT molecular complexity index is 1490. The van der Waals surface area contributed by atoms with Gasteiger partial charge in [-0.05, 0) is 35.1 Å². The van der Waals surface area contributed by atoms with Gasteiger partial charge in [0.05, 0.1) is 18.8 Å². The zero-order valence-corrected chi connectivity index (χ0v) is 23.7. The zero-order chi connectivity index (χ0) is 27.4. The number of hydrogen-bond acceptors (Lipinski definition) is 7. The van der Waals surface area contributed by atoms with Gasteiger partial charge in [-0.15, -0.1) is 11.3 Å². The number of benzene rings is 2. The van der Waals surface area contributed by atoms with Crippen LogP contribution in [0.25, 0.3) is 32.1 Å². The summed E-state index contributed by atoms with van der Waals surface area (Å²) in [7, 11) is 0. The van der Waals surface area contributed by atoms with Crippen molar-refractivity contribution in [3.63, 3.8) is 0 Å². The summed E-state index contributed by atoms with van der Waals surface area (Å²) in [5.41, 5.74) is 9.61. The number of nitriles is 1. The van der Waals surface area contributed by atoms with E-state index in [1.165, 1.54) is 24.2 Å². The standard InChI is InChI=1S/C24H20FN5OS.C4H10.C2H6/c1-12-5-6-30(9-12)24-28-8-15-16-10-31-11-17(16)20(21(25)22(15)29-24)13-3-2-4-18-19(13)14(7-26)23(27)32-18;1-3-4-2;1-2/h2-4,8,12H,5-6,9-11,27H2,1H3;3-4H2,1-2H3;1-2H3. The molecule has 2 aliphatic heterocycles. The predicted octanol–water partition coefficient (Wildman–Crippen LogP) is 7.81. The lowest BCUT2D eigenvalue weighted by Gasteiger charge is -2.18. The molecule has 0 bridgehead atoms. The maximum absolute atomic E-state index is 16.2. The topological polar surface area (TPSA) is 88.1 Å². The molecule has 0 amide bonds. The fraction of sp³-hybridized carbons (Fsp3) is 0.433. The Hall–Kier alpha value is -3.28. The highest BCUT2D eigenvalue weighted by Crippen LogP contribution is 2.45. The first-order valence-corrected chi connectivity index (χ1v) is 14.3. The van der Waals surface area contributed by atoms with Crippen LogP contribution >= 0.6 is 11.3 Å². The number of aromatic nitrogens is 2. The Labute approximate surface area is 228 Å². The van der Waals surface area contributed by atoms with Crippen LogP contribution in [0.1, 0.15) is 70.6 Å². The fourth-order valence-corrected chi connectivity index (χ4v) is 5.89. The summed E-state index contributed by atoms with van der Waals surface area (Å²) in [5.74, 6) is 0.719. The van der Waals surface area contributed by atoms with Crippen LogP contribution in [-0.4, -0.2) is 23.1 Å². The van der Waals surface area contributed by atoms with Crippen LogP contribution in [0, 0.1) is 23.1 Å². The lowest BCUT2D eigenvalue weighted by molar-refractivity contribution is 0.135. The highest BCUT2D eigenvalue weighted by molar-refractivity contribution is 7.23. The minimum atomic E-state index is -0.402. The lowest BCUT2D eigenvalue weighted by Crippen LogP contribution is -2.21. The number of nitrogens with zero attached hydrogens (tertiary/aromatic N) is 4. The van der Waals surface area contributed by atoms with Gasteiger partial charge in [-0.1, -0.05) is 59.6 Å². The summed E-state index contributed by atoms with van der Waals surface area (Å²) in [5, 5.41) is 11.5. The second-order valence-electron chi connectivity index (χ2n) is 9.54. The molecule has 0 radical (unpaired) electrons. The molecule has 1 saturated heterocycles. The lowest BCUT2D eigenvalue weighted by atomic mass is 9.91. The highest BCUT2D eigenvalue weighted by Gasteiger charge is 2.29. The van der Waals surface area contributed by atoms with Crippen molar-refractivity contribution in [1.29, 1.82) is 5.26 Å². The molecule has 6 rings (SSSR count). The van der Waals surface area contributed by atoms with Crippen LogP contribution in [0.2, 0.25) is 0 Å². The molecule has 6 nitrogen and oxygen atoms in total. The third kappa shape index (κ3) is 4.93. The van der Waals surface area contributed by atoms with Gasteiger partial charge in [0, 0.05) is 40.3 Å². The predicted molar refractivity (Wildman–Crippen MR) is 156 cm³/mol. The van der Waals surface area contributed by atoms with Gasteiger partial charge < -0.3 is 15.4 Å². The van der Waals surface area contributed by atoms with Gasteiger partial charge in [-0.3, -0.25) is 0 Å². The molecule has 0 aliphatic carbocycles. The number of unbranched alkanes of at least 4 members (excludes halogenated alkanes) is 1. The molecule has 1 fully saturated rings. The first-order chi connectivity index (χ1) is 18.5. The van der Waals surface area contributed by atoms with Gasteiger partial charge >= 0.3 is 0 Å². The number of anilines is 2. The largest absolute Gasteiger partial charge is 0.389 e.